The molecular weight excluding hydrogens is 296 g/mol. The Morgan fingerprint density at radius 3 is 2.38 bits per heavy atom. The van der Waals surface area contributed by atoms with Crippen LogP contribution < -0.4 is 0 Å². The molecule has 0 spiro atoms. The fourth-order valence-electron chi connectivity index (χ4n) is 5.07. The lowest BCUT2D eigenvalue weighted by molar-refractivity contribution is -0.142. The molecule has 0 aliphatic heterocycles. The Bertz CT molecular complexity index is 823. The Morgan fingerprint density at radius 1 is 1.08 bits per heavy atom. The quantitative estimate of drug-likeness (QED) is 0.856. The molecule has 24 heavy (non-hydrogen) atoms. The summed E-state index contributed by atoms with van der Waals surface area (Å²) in [4.78, 5) is 12.3. The average molecular weight is 318 g/mol. The molecule has 2 aliphatic rings. The first-order valence-corrected chi connectivity index (χ1v) is 8.57. The van der Waals surface area contributed by atoms with E-state index in [1.54, 1.807) is 0 Å². The fourth-order valence-corrected chi connectivity index (χ4v) is 5.07. The van der Waals surface area contributed by atoms with Crippen LogP contribution in [0.3, 0.4) is 0 Å². The Kier molecular flexibility index (Phi) is 3.21. The zero-order valence-corrected chi connectivity index (χ0v) is 14.1. The number of carbonyl (C=O) groups is 1. The maximum atomic E-state index is 12.3. The predicted octanol–water partition coefficient (Wildman–Crippen LogP) is 5.08. The van der Waals surface area contributed by atoms with Crippen molar-refractivity contribution < 1.29 is 9.90 Å². The van der Waals surface area contributed by atoms with Gasteiger partial charge in [0.15, 0.2) is 0 Å². The second kappa shape index (κ2) is 5.07. The lowest BCUT2D eigenvalue weighted by Crippen LogP contribution is -2.21. The Hall–Kier alpha value is -2.35. The molecular formula is C22H22O2. The molecule has 122 valence electrons. The SMILES string of the molecule is C[C@H]1C[C@@]2(C)[C@@H](c3ccccc31)[C@@]2(C=Cc1ccccc1)C(=O)O. The summed E-state index contributed by atoms with van der Waals surface area (Å²) in [6.07, 6.45) is 4.84. The van der Waals surface area contributed by atoms with Crippen LogP contribution >= 0.6 is 0 Å². The molecule has 2 nitrogen and oxygen atoms in total. The number of aliphatic carboxylic acids is 1. The molecule has 4 rings (SSSR count). The van der Waals surface area contributed by atoms with Gasteiger partial charge in [-0.05, 0) is 34.4 Å². The first-order valence-electron chi connectivity index (χ1n) is 8.57. The van der Waals surface area contributed by atoms with Crippen LogP contribution in [0.1, 0.15) is 48.8 Å². The maximum Gasteiger partial charge on any atom is 0.314 e. The Balaban J connectivity index is 1.81. The lowest BCUT2D eigenvalue weighted by Gasteiger charge is -2.26. The van der Waals surface area contributed by atoms with Crippen molar-refractivity contribution in [2.24, 2.45) is 10.8 Å². The molecule has 1 N–H and O–H groups in total. The van der Waals surface area contributed by atoms with E-state index in [9.17, 15) is 9.90 Å². The van der Waals surface area contributed by atoms with Gasteiger partial charge >= 0.3 is 5.97 Å². The second-order valence-electron chi connectivity index (χ2n) is 7.50. The van der Waals surface area contributed by atoms with Gasteiger partial charge in [-0.2, -0.15) is 0 Å². The molecule has 0 radical (unpaired) electrons. The number of carboxylic acids is 1. The smallest absolute Gasteiger partial charge is 0.314 e. The summed E-state index contributed by atoms with van der Waals surface area (Å²) in [5.41, 5.74) is 2.57. The Labute approximate surface area is 142 Å². The highest BCUT2D eigenvalue weighted by molar-refractivity contribution is 5.88. The van der Waals surface area contributed by atoms with Gasteiger partial charge in [0.2, 0.25) is 0 Å². The van der Waals surface area contributed by atoms with Crippen LogP contribution in [0.25, 0.3) is 6.08 Å². The van der Waals surface area contributed by atoms with Gasteiger partial charge in [-0.25, -0.2) is 0 Å². The van der Waals surface area contributed by atoms with Crippen molar-refractivity contribution in [3.05, 3.63) is 77.4 Å². The van der Waals surface area contributed by atoms with Crippen LogP contribution in [0.2, 0.25) is 0 Å². The highest BCUT2D eigenvalue weighted by Gasteiger charge is 2.78. The van der Waals surface area contributed by atoms with E-state index in [1.807, 2.05) is 48.6 Å². The third kappa shape index (κ3) is 1.86. The van der Waals surface area contributed by atoms with E-state index in [-0.39, 0.29) is 11.3 Å². The van der Waals surface area contributed by atoms with Gasteiger partial charge in [-0.3, -0.25) is 4.79 Å². The van der Waals surface area contributed by atoms with E-state index < -0.39 is 11.4 Å². The van der Waals surface area contributed by atoms with Gasteiger partial charge in [0.05, 0.1) is 5.41 Å². The molecule has 2 aliphatic carbocycles. The summed E-state index contributed by atoms with van der Waals surface area (Å²) in [6.45, 7) is 4.36. The summed E-state index contributed by atoms with van der Waals surface area (Å²) in [7, 11) is 0. The van der Waals surface area contributed by atoms with Crippen LogP contribution in [-0.2, 0) is 4.79 Å². The van der Waals surface area contributed by atoms with Crippen LogP contribution in [-0.4, -0.2) is 11.1 Å². The van der Waals surface area contributed by atoms with Crippen molar-refractivity contribution in [2.45, 2.75) is 32.1 Å². The molecule has 1 fully saturated rings. The summed E-state index contributed by atoms with van der Waals surface area (Å²) in [5, 5.41) is 10.1. The van der Waals surface area contributed by atoms with Crippen LogP contribution in [0.4, 0.5) is 0 Å². The summed E-state index contributed by atoms with van der Waals surface area (Å²) < 4.78 is 0. The molecule has 0 unspecified atom stereocenters. The number of benzene rings is 2. The van der Waals surface area contributed by atoms with E-state index in [1.165, 1.54) is 11.1 Å². The van der Waals surface area contributed by atoms with E-state index in [2.05, 4.69) is 32.0 Å². The molecule has 4 atom stereocenters. The van der Waals surface area contributed by atoms with Gasteiger partial charge < -0.3 is 5.11 Å². The topological polar surface area (TPSA) is 37.3 Å². The molecule has 0 aromatic heterocycles. The van der Waals surface area contributed by atoms with Crippen molar-refractivity contribution in [1.82, 2.24) is 0 Å². The highest BCUT2D eigenvalue weighted by atomic mass is 16.4. The molecule has 0 amide bonds. The highest BCUT2D eigenvalue weighted by Crippen LogP contribution is 2.80. The molecule has 0 saturated heterocycles. The van der Waals surface area contributed by atoms with E-state index in [0.717, 1.165) is 12.0 Å². The van der Waals surface area contributed by atoms with Crippen molar-refractivity contribution in [2.75, 3.05) is 0 Å². The average Bonchev–Trinajstić information content (AvgIpc) is 3.14. The van der Waals surface area contributed by atoms with Gasteiger partial charge in [0.1, 0.15) is 0 Å². The fraction of sp³-hybridized carbons (Fsp3) is 0.318. The number of carboxylic acid groups (broad SMARTS) is 1. The van der Waals surface area contributed by atoms with Gasteiger partial charge in [0.25, 0.3) is 0 Å². The number of hydrogen-bond acceptors (Lipinski definition) is 1. The van der Waals surface area contributed by atoms with Crippen molar-refractivity contribution >= 4 is 12.0 Å². The lowest BCUT2D eigenvalue weighted by atomic mass is 9.78. The van der Waals surface area contributed by atoms with Gasteiger partial charge in [-0.15, -0.1) is 0 Å². The monoisotopic (exact) mass is 318 g/mol. The third-order valence-corrected chi connectivity index (χ3v) is 6.21. The van der Waals surface area contributed by atoms with Crippen molar-refractivity contribution in [3.8, 4) is 0 Å². The largest absolute Gasteiger partial charge is 0.481 e. The number of fused-ring (bicyclic) bond motifs is 3. The molecule has 0 bridgehead atoms. The van der Waals surface area contributed by atoms with E-state index >= 15 is 0 Å². The minimum atomic E-state index is -0.802. The Morgan fingerprint density at radius 2 is 1.71 bits per heavy atom. The third-order valence-electron chi connectivity index (χ3n) is 6.21. The zero-order chi connectivity index (χ0) is 16.9. The molecule has 2 heteroatoms. The molecule has 2 aromatic rings. The van der Waals surface area contributed by atoms with E-state index in [4.69, 9.17) is 0 Å². The molecule has 1 saturated carbocycles. The van der Waals surface area contributed by atoms with Gasteiger partial charge in [-0.1, -0.05) is 80.6 Å². The zero-order valence-electron chi connectivity index (χ0n) is 14.1. The second-order valence-corrected chi connectivity index (χ2v) is 7.50. The first kappa shape index (κ1) is 15.2. The maximum absolute atomic E-state index is 12.3. The van der Waals surface area contributed by atoms with Crippen LogP contribution in [0, 0.1) is 10.8 Å². The van der Waals surface area contributed by atoms with Gasteiger partial charge in [0, 0.05) is 5.92 Å². The van der Waals surface area contributed by atoms with Crippen LogP contribution in [0.15, 0.2) is 60.7 Å². The summed E-state index contributed by atoms with van der Waals surface area (Å²) in [5.74, 6) is -0.241. The summed E-state index contributed by atoms with van der Waals surface area (Å²) in [6, 6.07) is 18.3. The molecule has 0 heterocycles. The summed E-state index contributed by atoms with van der Waals surface area (Å²) >= 11 is 0. The standard InChI is InChI=1S/C22H22O2/c1-15-14-21(2)19(18-11-7-6-10-17(15)18)22(21,20(23)24)13-12-16-8-4-3-5-9-16/h3-13,15,19H,14H2,1-2H3,(H,23,24)/t15-,19+,21-,22-/m0/s1. The predicted molar refractivity (Wildman–Crippen MR) is 95.9 cm³/mol. The first-order chi connectivity index (χ1) is 11.5. The van der Waals surface area contributed by atoms with Crippen molar-refractivity contribution in [3.63, 3.8) is 0 Å². The van der Waals surface area contributed by atoms with Crippen LogP contribution in [0.5, 0.6) is 0 Å². The van der Waals surface area contributed by atoms with Crippen molar-refractivity contribution in [1.29, 1.82) is 0 Å². The number of hydrogen-bond donors (Lipinski definition) is 1. The number of rotatable bonds is 3. The van der Waals surface area contributed by atoms with E-state index in [0.29, 0.717) is 5.92 Å². The minimum absolute atomic E-state index is 0.0647. The molecule has 2 aromatic carbocycles. The minimum Gasteiger partial charge on any atom is -0.481 e. The normalized spacial score (nSPS) is 33.8.